The van der Waals surface area contributed by atoms with E-state index in [0.29, 0.717) is 0 Å². The Labute approximate surface area is 81.2 Å². The van der Waals surface area contributed by atoms with Crippen LogP contribution in [-0.4, -0.2) is 22.3 Å². The number of pyridine rings is 1. The van der Waals surface area contributed by atoms with Gasteiger partial charge in [0.15, 0.2) is 0 Å². The van der Waals surface area contributed by atoms with E-state index in [-0.39, 0.29) is 0 Å². The second-order valence-electron chi connectivity index (χ2n) is 2.78. The van der Waals surface area contributed by atoms with Crippen LogP contribution in [0.25, 0.3) is 0 Å². The van der Waals surface area contributed by atoms with Gasteiger partial charge in [-0.3, -0.25) is 9.78 Å². The zero-order valence-corrected chi connectivity index (χ0v) is 8.34. The third-order valence-electron chi connectivity index (χ3n) is 2.03. The first-order valence-corrected chi connectivity index (χ1v) is 5.03. The molecule has 1 atom stereocenters. The number of nitrogens with zero attached hydrogens (tertiary/aromatic N) is 1. The van der Waals surface area contributed by atoms with E-state index in [9.17, 15) is 4.79 Å². The average Bonchev–Trinajstić information content (AvgIpc) is 2.17. The summed E-state index contributed by atoms with van der Waals surface area (Å²) in [5.74, 6) is -0.840. The summed E-state index contributed by atoms with van der Waals surface area (Å²) in [4.78, 5) is 14.9. The molecule has 1 rings (SSSR count). The minimum atomic E-state index is -0.895. The Morgan fingerprint density at radius 1 is 1.69 bits per heavy atom. The predicted octanol–water partition coefficient (Wildman–Crippen LogP) is 1.74. The molecular formula is C9H11NO2S. The maximum absolute atomic E-state index is 11.0. The second kappa shape index (κ2) is 3.79. The van der Waals surface area contributed by atoms with Crippen molar-refractivity contribution < 1.29 is 9.90 Å². The number of carbonyl (C=O) groups is 1. The summed E-state index contributed by atoms with van der Waals surface area (Å²) in [6, 6.07) is 3.52. The molecule has 13 heavy (non-hydrogen) atoms. The lowest BCUT2D eigenvalue weighted by Crippen LogP contribution is -2.28. The summed E-state index contributed by atoms with van der Waals surface area (Å²) < 4.78 is -0.895. The van der Waals surface area contributed by atoms with Crippen molar-refractivity contribution in [1.29, 1.82) is 0 Å². The molecule has 0 aliphatic heterocycles. The van der Waals surface area contributed by atoms with Crippen molar-refractivity contribution in [3.8, 4) is 0 Å². The molecule has 1 aromatic rings. The van der Waals surface area contributed by atoms with E-state index >= 15 is 0 Å². The molecule has 70 valence electrons. The van der Waals surface area contributed by atoms with Gasteiger partial charge in [0.05, 0.1) is 0 Å². The minimum Gasteiger partial charge on any atom is -0.480 e. The number of carboxylic acids is 1. The zero-order chi connectivity index (χ0) is 9.90. The van der Waals surface area contributed by atoms with Crippen LogP contribution in [-0.2, 0) is 9.54 Å². The first-order valence-electron chi connectivity index (χ1n) is 3.80. The van der Waals surface area contributed by atoms with Gasteiger partial charge in [0.2, 0.25) is 0 Å². The predicted molar refractivity (Wildman–Crippen MR) is 52.7 cm³/mol. The van der Waals surface area contributed by atoms with Crippen LogP contribution in [0, 0.1) is 0 Å². The fourth-order valence-corrected chi connectivity index (χ4v) is 1.50. The first kappa shape index (κ1) is 10.1. The third kappa shape index (κ3) is 1.83. The molecule has 1 heterocycles. The van der Waals surface area contributed by atoms with Crippen molar-refractivity contribution in [1.82, 2.24) is 4.98 Å². The first-order chi connectivity index (χ1) is 6.11. The molecule has 1 aromatic heterocycles. The number of aromatic nitrogens is 1. The van der Waals surface area contributed by atoms with Crippen LogP contribution >= 0.6 is 11.8 Å². The van der Waals surface area contributed by atoms with E-state index in [1.54, 1.807) is 37.7 Å². The van der Waals surface area contributed by atoms with Crippen LogP contribution < -0.4 is 0 Å². The summed E-state index contributed by atoms with van der Waals surface area (Å²) >= 11 is 1.29. The molecule has 1 N–H and O–H groups in total. The van der Waals surface area contributed by atoms with E-state index in [0.717, 1.165) is 5.56 Å². The van der Waals surface area contributed by atoms with Gasteiger partial charge in [-0.2, -0.15) is 0 Å². The number of carboxylic acid groups (broad SMARTS) is 1. The standard InChI is InChI=1S/C9H11NO2S/c1-9(13-2,8(11)12)7-4-3-5-10-6-7/h3-6H,1-2H3,(H,11,12). The second-order valence-corrected chi connectivity index (χ2v) is 4.01. The molecule has 0 saturated carbocycles. The Morgan fingerprint density at radius 3 is 2.77 bits per heavy atom. The van der Waals surface area contributed by atoms with E-state index in [2.05, 4.69) is 4.98 Å². The molecule has 0 saturated heterocycles. The molecular weight excluding hydrogens is 186 g/mol. The summed E-state index contributed by atoms with van der Waals surface area (Å²) in [5.41, 5.74) is 0.718. The molecule has 0 aromatic carbocycles. The highest BCUT2D eigenvalue weighted by atomic mass is 32.2. The van der Waals surface area contributed by atoms with Crippen molar-refractivity contribution in [2.24, 2.45) is 0 Å². The number of hydrogen-bond acceptors (Lipinski definition) is 3. The van der Waals surface area contributed by atoms with Crippen molar-refractivity contribution in [2.45, 2.75) is 11.7 Å². The Morgan fingerprint density at radius 2 is 2.38 bits per heavy atom. The average molecular weight is 197 g/mol. The zero-order valence-electron chi connectivity index (χ0n) is 7.52. The molecule has 0 aliphatic rings. The number of thioether (sulfide) groups is 1. The fraction of sp³-hybridized carbons (Fsp3) is 0.333. The van der Waals surface area contributed by atoms with Gasteiger partial charge in [-0.15, -0.1) is 11.8 Å². The number of aliphatic carboxylic acids is 1. The largest absolute Gasteiger partial charge is 0.480 e. The highest BCUT2D eigenvalue weighted by molar-refractivity contribution is 8.00. The van der Waals surface area contributed by atoms with Gasteiger partial charge in [0.1, 0.15) is 4.75 Å². The third-order valence-corrected chi connectivity index (χ3v) is 3.26. The summed E-state index contributed by atoms with van der Waals surface area (Å²) in [5, 5.41) is 9.04. The monoisotopic (exact) mass is 197 g/mol. The van der Waals surface area contributed by atoms with Crippen molar-refractivity contribution in [3.05, 3.63) is 30.1 Å². The maximum Gasteiger partial charge on any atom is 0.324 e. The summed E-state index contributed by atoms with van der Waals surface area (Å²) in [6.45, 7) is 1.68. The highest BCUT2D eigenvalue weighted by Crippen LogP contribution is 2.33. The minimum absolute atomic E-state index is 0.718. The molecule has 1 unspecified atom stereocenters. The van der Waals surface area contributed by atoms with Crippen LogP contribution in [0.4, 0.5) is 0 Å². The Kier molecular flexibility index (Phi) is 2.93. The number of rotatable bonds is 3. The van der Waals surface area contributed by atoms with Crippen LogP contribution in [0.5, 0.6) is 0 Å². The van der Waals surface area contributed by atoms with Gasteiger partial charge < -0.3 is 5.11 Å². The summed E-state index contributed by atoms with van der Waals surface area (Å²) in [6.07, 6.45) is 5.00. The number of hydrogen-bond donors (Lipinski definition) is 1. The lowest BCUT2D eigenvalue weighted by molar-refractivity contribution is -0.139. The fourth-order valence-electron chi connectivity index (χ4n) is 0.974. The van der Waals surface area contributed by atoms with Gasteiger partial charge in [0, 0.05) is 12.4 Å². The SMILES string of the molecule is CSC(C)(C(=O)O)c1cccnc1. The molecule has 0 fully saturated rings. The van der Waals surface area contributed by atoms with Crippen molar-refractivity contribution >= 4 is 17.7 Å². The van der Waals surface area contributed by atoms with Crippen molar-refractivity contribution in [3.63, 3.8) is 0 Å². The van der Waals surface area contributed by atoms with Gasteiger partial charge >= 0.3 is 5.97 Å². The summed E-state index contributed by atoms with van der Waals surface area (Å²) in [7, 11) is 0. The van der Waals surface area contributed by atoms with Crippen LogP contribution in [0.1, 0.15) is 12.5 Å². The van der Waals surface area contributed by atoms with Gasteiger partial charge in [0.25, 0.3) is 0 Å². The Balaban J connectivity index is 3.11. The Hall–Kier alpha value is -1.03. The molecule has 4 heteroatoms. The van der Waals surface area contributed by atoms with Crippen molar-refractivity contribution in [2.75, 3.05) is 6.26 Å². The van der Waals surface area contributed by atoms with E-state index in [1.165, 1.54) is 11.8 Å². The van der Waals surface area contributed by atoms with Gasteiger partial charge in [-0.25, -0.2) is 0 Å². The topological polar surface area (TPSA) is 50.2 Å². The van der Waals surface area contributed by atoms with E-state index in [4.69, 9.17) is 5.11 Å². The highest BCUT2D eigenvalue weighted by Gasteiger charge is 2.34. The molecule has 0 spiro atoms. The maximum atomic E-state index is 11.0. The van der Waals surface area contributed by atoms with Crippen LogP contribution in [0.3, 0.4) is 0 Å². The van der Waals surface area contributed by atoms with Crippen LogP contribution in [0.2, 0.25) is 0 Å². The molecule has 3 nitrogen and oxygen atoms in total. The van der Waals surface area contributed by atoms with E-state index in [1.807, 2.05) is 0 Å². The lowest BCUT2D eigenvalue weighted by Gasteiger charge is -2.21. The smallest absolute Gasteiger partial charge is 0.324 e. The molecule has 0 aliphatic carbocycles. The Bertz CT molecular complexity index is 302. The lowest BCUT2D eigenvalue weighted by atomic mass is 10.0. The molecule has 0 bridgehead atoms. The van der Waals surface area contributed by atoms with E-state index < -0.39 is 10.7 Å². The molecule has 0 radical (unpaired) electrons. The molecule has 0 amide bonds. The quantitative estimate of drug-likeness (QED) is 0.802. The van der Waals surface area contributed by atoms with Gasteiger partial charge in [-0.1, -0.05) is 6.07 Å². The normalized spacial score (nSPS) is 14.9. The van der Waals surface area contributed by atoms with Crippen LogP contribution in [0.15, 0.2) is 24.5 Å². The van der Waals surface area contributed by atoms with Gasteiger partial charge in [-0.05, 0) is 24.8 Å².